The van der Waals surface area contributed by atoms with Crippen LogP contribution in [0.1, 0.15) is 0 Å². The number of H-pyrrole nitrogens is 2. The minimum absolute atomic E-state index is 0.122. The lowest BCUT2D eigenvalue weighted by Gasteiger charge is -1.90. The van der Waals surface area contributed by atoms with Gasteiger partial charge in [-0.25, -0.2) is 9.78 Å². The van der Waals surface area contributed by atoms with Crippen molar-refractivity contribution in [3.05, 3.63) is 27.2 Å². The molecule has 2 heterocycles. The Balaban J connectivity index is 3.13. The van der Waals surface area contributed by atoms with Crippen LogP contribution in [0.15, 0.2) is 15.9 Å². The van der Waals surface area contributed by atoms with Crippen molar-refractivity contribution in [3.8, 4) is 0 Å². The maximum atomic E-state index is 11.0. The molecule has 0 fully saturated rings. The lowest BCUT2D eigenvalue weighted by atomic mass is 10.4. The summed E-state index contributed by atoms with van der Waals surface area (Å²) < 4.78 is 1.08. The first-order chi connectivity index (χ1) is 5.68. The molecular weight excluding hydrogens is 159 g/mol. The van der Waals surface area contributed by atoms with Crippen LogP contribution in [0.3, 0.4) is 0 Å². The monoisotopic (exact) mass is 162 g/mol. The Kier molecular flexibility index (Phi) is 1.21. The average Bonchev–Trinajstić information content (AvgIpc) is 2.33. The molecule has 0 aliphatic heterocycles. The van der Waals surface area contributed by atoms with Gasteiger partial charge in [-0.3, -0.25) is 14.8 Å². The first-order valence-corrected chi connectivity index (χ1v) is 3.13. The topological polar surface area (TPSA) is 83.5 Å². The van der Waals surface area contributed by atoms with Gasteiger partial charge in [0.25, 0.3) is 5.56 Å². The van der Waals surface area contributed by atoms with Gasteiger partial charge < -0.3 is 4.48 Å². The molecule has 0 amide bonds. The third-order valence-corrected chi connectivity index (χ3v) is 1.47. The summed E-state index contributed by atoms with van der Waals surface area (Å²) in [5, 5.41) is 0. The van der Waals surface area contributed by atoms with E-state index in [0.717, 1.165) is 4.48 Å². The number of aromatic nitrogens is 4. The Bertz CT molecular complexity index is 536. The number of rotatable bonds is 0. The largest absolute Gasteiger partial charge is 0.374 e. The Morgan fingerprint density at radius 2 is 2.17 bits per heavy atom. The molecule has 0 spiro atoms. The fourth-order valence-electron chi connectivity index (χ4n) is 0.952. The molecule has 0 atom stereocenters. The van der Waals surface area contributed by atoms with E-state index < -0.39 is 11.2 Å². The fourth-order valence-corrected chi connectivity index (χ4v) is 0.952. The molecule has 6 nitrogen and oxygen atoms in total. The SMILES string of the molecule is [B]n1cnc2c(=O)[nH]c(=O)[nH]c21. The molecule has 58 valence electrons. The second kappa shape index (κ2) is 2.10. The highest BCUT2D eigenvalue weighted by molar-refractivity contribution is 6.10. The van der Waals surface area contributed by atoms with E-state index in [0.29, 0.717) is 0 Å². The Hall–Kier alpha value is -1.79. The van der Waals surface area contributed by atoms with Crippen LogP contribution in [0, 0.1) is 0 Å². The predicted octanol–water partition coefficient (Wildman–Crippen LogP) is -1.66. The van der Waals surface area contributed by atoms with Crippen molar-refractivity contribution >= 4 is 19.1 Å². The van der Waals surface area contributed by atoms with Crippen LogP contribution < -0.4 is 11.2 Å². The summed E-state index contributed by atoms with van der Waals surface area (Å²) in [6.45, 7) is 0. The molecule has 2 aromatic rings. The number of nitrogens with zero attached hydrogens (tertiary/aromatic N) is 2. The number of hydrogen-bond donors (Lipinski definition) is 2. The standard InChI is InChI=1S/C5H3BN4O2/c6-10-1-7-2-3(10)8-5(12)9-4(2)11/h1H,(H2,8,9,11,12). The molecule has 0 unspecified atom stereocenters. The number of fused-ring (bicyclic) bond motifs is 1. The van der Waals surface area contributed by atoms with Crippen LogP contribution in [-0.4, -0.2) is 27.4 Å². The summed E-state index contributed by atoms with van der Waals surface area (Å²) in [5.41, 5.74) is -0.807. The quantitative estimate of drug-likeness (QED) is 0.455. The van der Waals surface area contributed by atoms with Gasteiger partial charge in [0.2, 0.25) is 7.98 Å². The molecular formula is C5H3BN4O2. The highest BCUT2D eigenvalue weighted by Crippen LogP contribution is 1.97. The van der Waals surface area contributed by atoms with Crippen LogP contribution >= 0.6 is 0 Å². The van der Waals surface area contributed by atoms with E-state index in [4.69, 9.17) is 7.98 Å². The first kappa shape index (κ1) is 6.90. The number of imidazole rings is 1. The Labute approximate surface area is 66.7 Å². The van der Waals surface area contributed by atoms with Crippen molar-refractivity contribution in [2.75, 3.05) is 0 Å². The van der Waals surface area contributed by atoms with E-state index in [2.05, 4.69) is 9.97 Å². The Morgan fingerprint density at radius 3 is 2.92 bits per heavy atom. The van der Waals surface area contributed by atoms with Crippen molar-refractivity contribution in [2.45, 2.75) is 0 Å². The third-order valence-electron chi connectivity index (χ3n) is 1.47. The molecule has 2 radical (unpaired) electrons. The van der Waals surface area contributed by atoms with Crippen molar-refractivity contribution in [1.82, 2.24) is 19.4 Å². The van der Waals surface area contributed by atoms with Crippen LogP contribution in [-0.2, 0) is 0 Å². The van der Waals surface area contributed by atoms with Gasteiger partial charge >= 0.3 is 5.69 Å². The highest BCUT2D eigenvalue weighted by Gasteiger charge is 2.03. The van der Waals surface area contributed by atoms with Crippen molar-refractivity contribution < 1.29 is 0 Å². The zero-order chi connectivity index (χ0) is 8.72. The fraction of sp³-hybridized carbons (Fsp3) is 0. The number of nitrogens with one attached hydrogen (secondary N) is 2. The molecule has 2 aromatic heterocycles. The summed E-state index contributed by atoms with van der Waals surface area (Å²) in [5.74, 6) is 0. The van der Waals surface area contributed by atoms with Crippen LogP contribution in [0.2, 0.25) is 0 Å². The molecule has 0 aliphatic rings. The minimum atomic E-state index is -0.597. The molecule has 0 aromatic carbocycles. The van der Waals surface area contributed by atoms with E-state index in [1.807, 2.05) is 4.98 Å². The van der Waals surface area contributed by atoms with Crippen LogP contribution in [0.4, 0.5) is 0 Å². The molecule has 0 bridgehead atoms. The van der Waals surface area contributed by atoms with E-state index in [-0.39, 0.29) is 11.2 Å². The summed E-state index contributed by atoms with van der Waals surface area (Å²) >= 11 is 0. The maximum absolute atomic E-state index is 11.0. The zero-order valence-electron chi connectivity index (χ0n) is 5.87. The highest BCUT2D eigenvalue weighted by atomic mass is 16.2. The lowest BCUT2D eigenvalue weighted by molar-refractivity contribution is 1.06. The van der Waals surface area contributed by atoms with Gasteiger partial charge in [0, 0.05) is 0 Å². The minimum Gasteiger partial charge on any atom is -0.374 e. The molecule has 7 heteroatoms. The Morgan fingerprint density at radius 1 is 1.42 bits per heavy atom. The van der Waals surface area contributed by atoms with Gasteiger partial charge in [0.05, 0.1) is 6.33 Å². The second-order valence-electron chi connectivity index (χ2n) is 2.26. The third kappa shape index (κ3) is 0.793. The van der Waals surface area contributed by atoms with Crippen molar-refractivity contribution in [1.29, 1.82) is 0 Å². The van der Waals surface area contributed by atoms with Gasteiger partial charge in [-0.2, -0.15) is 0 Å². The van der Waals surface area contributed by atoms with Crippen molar-refractivity contribution in [2.24, 2.45) is 0 Å². The number of aromatic amines is 2. The van der Waals surface area contributed by atoms with E-state index in [1.165, 1.54) is 6.33 Å². The molecule has 0 saturated heterocycles. The maximum Gasteiger partial charge on any atom is 0.327 e. The molecule has 2 N–H and O–H groups in total. The molecule has 12 heavy (non-hydrogen) atoms. The number of hydrogen-bond acceptors (Lipinski definition) is 3. The van der Waals surface area contributed by atoms with Crippen LogP contribution in [0.25, 0.3) is 11.2 Å². The summed E-state index contributed by atoms with van der Waals surface area (Å²) in [7, 11) is 5.35. The van der Waals surface area contributed by atoms with Gasteiger partial charge in [-0.1, -0.05) is 0 Å². The first-order valence-electron chi connectivity index (χ1n) is 3.13. The molecule has 2 rings (SSSR count). The van der Waals surface area contributed by atoms with Crippen molar-refractivity contribution in [3.63, 3.8) is 0 Å². The van der Waals surface area contributed by atoms with E-state index >= 15 is 0 Å². The summed E-state index contributed by atoms with van der Waals surface area (Å²) in [6.07, 6.45) is 1.25. The van der Waals surface area contributed by atoms with Gasteiger partial charge in [-0.15, -0.1) is 0 Å². The van der Waals surface area contributed by atoms with Gasteiger partial charge in [-0.05, 0) is 0 Å². The lowest BCUT2D eigenvalue weighted by Crippen LogP contribution is -2.22. The smallest absolute Gasteiger partial charge is 0.327 e. The summed E-state index contributed by atoms with van der Waals surface area (Å²) in [4.78, 5) is 29.8. The van der Waals surface area contributed by atoms with Crippen LogP contribution in [0.5, 0.6) is 0 Å². The summed E-state index contributed by atoms with van der Waals surface area (Å²) in [6, 6.07) is 0. The van der Waals surface area contributed by atoms with Gasteiger partial charge in [0.1, 0.15) is 5.65 Å². The second-order valence-corrected chi connectivity index (χ2v) is 2.26. The normalized spacial score (nSPS) is 10.7. The predicted molar refractivity (Wildman–Crippen MR) is 42.1 cm³/mol. The van der Waals surface area contributed by atoms with Gasteiger partial charge in [0.15, 0.2) is 5.52 Å². The van der Waals surface area contributed by atoms with E-state index in [9.17, 15) is 9.59 Å². The molecule has 0 aliphatic carbocycles. The van der Waals surface area contributed by atoms with E-state index in [1.54, 1.807) is 0 Å². The zero-order valence-corrected chi connectivity index (χ0v) is 5.87. The average molecular weight is 162 g/mol. The molecule has 0 saturated carbocycles.